The normalized spacial score (nSPS) is 12.7. The summed E-state index contributed by atoms with van der Waals surface area (Å²) < 4.78 is 7.28. The number of methoxy groups -OCH3 is 1. The van der Waals surface area contributed by atoms with Crippen LogP contribution in [-0.4, -0.2) is 23.4 Å². The Labute approximate surface area is 128 Å². The van der Waals surface area contributed by atoms with Crippen molar-refractivity contribution in [2.75, 3.05) is 13.7 Å². The molecular formula is C14H20ClN3OS. The van der Waals surface area contributed by atoms with Crippen LogP contribution in [0.1, 0.15) is 35.5 Å². The van der Waals surface area contributed by atoms with Crippen LogP contribution in [-0.2, 0) is 7.05 Å². The Balaban J connectivity index is 2.47. The Morgan fingerprint density at radius 1 is 1.55 bits per heavy atom. The first-order chi connectivity index (χ1) is 9.60. The summed E-state index contributed by atoms with van der Waals surface area (Å²) in [5, 5.41) is 10.7. The zero-order valence-electron chi connectivity index (χ0n) is 12.2. The molecule has 0 fully saturated rings. The Hall–Kier alpha value is -1.04. The third-order valence-electron chi connectivity index (χ3n) is 3.23. The molecule has 0 aliphatic carbocycles. The molecule has 0 saturated carbocycles. The summed E-state index contributed by atoms with van der Waals surface area (Å²) in [5.74, 6) is 0.781. The van der Waals surface area contributed by atoms with Crippen LogP contribution in [0.4, 0.5) is 0 Å². The number of aromatic nitrogens is 2. The number of ether oxygens (including phenoxy) is 1. The van der Waals surface area contributed by atoms with Gasteiger partial charge in [0, 0.05) is 11.9 Å². The van der Waals surface area contributed by atoms with E-state index in [2.05, 4.69) is 22.7 Å². The molecule has 0 saturated heterocycles. The van der Waals surface area contributed by atoms with Crippen molar-refractivity contribution in [3.63, 3.8) is 0 Å². The maximum atomic E-state index is 6.45. The van der Waals surface area contributed by atoms with Gasteiger partial charge in [0.1, 0.15) is 5.69 Å². The van der Waals surface area contributed by atoms with E-state index < -0.39 is 0 Å². The van der Waals surface area contributed by atoms with E-state index in [9.17, 15) is 0 Å². The van der Waals surface area contributed by atoms with Crippen molar-refractivity contribution in [3.8, 4) is 5.75 Å². The maximum Gasteiger partial charge on any atom is 0.161 e. The average Bonchev–Trinajstić information content (AvgIpc) is 2.97. The van der Waals surface area contributed by atoms with E-state index in [4.69, 9.17) is 16.3 Å². The molecular weight excluding hydrogens is 294 g/mol. The van der Waals surface area contributed by atoms with Gasteiger partial charge in [0.15, 0.2) is 5.75 Å². The van der Waals surface area contributed by atoms with Crippen LogP contribution in [0.2, 0.25) is 5.02 Å². The van der Waals surface area contributed by atoms with E-state index in [1.807, 2.05) is 18.7 Å². The number of aryl methyl sites for hydroxylation is 2. The molecule has 4 nitrogen and oxygen atoms in total. The molecule has 110 valence electrons. The zero-order valence-corrected chi connectivity index (χ0v) is 13.8. The van der Waals surface area contributed by atoms with Gasteiger partial charge < -0.3 is 10.1 Å². The predicted octanol–water partition coefficient (Wildman–Crippen LogP) is 3.54. The predicted molar refractivity (Wildman–Crippen MR) is 84.0 cm³/mol. The number of halogens is 1. The van der Waals surface area contributed by atoms with E-state index in [-0.39, 0.29) is 6.04 Å². The number of nitrogens with one attached hydrogen (secondary N) is 1. The number of hydrogen-bond donors (Lipinski definition) is 1. The molecule has 20 heavy (non-hydrogen) atoms. The number of nitrogens with zero attached hydrogens (tertiary/aromatic N) is 2. The molecule has 0 radical (unpaired) electrons. The second-order valence-corrected chi connectivity index (χ2v) is 6.00. The van der Waals surface area contributed by atoms with Gasteiger partial charge in [0.05, 0.1) is 24.4 Å². The van der Waals surface area contributed by atoms with Crippen LogP contribution in [0.25, 0.3) is 0 Å². The molecule has 0 bridgehead atoms. The summed E-state index contributed by atoms with van der Waals surface area (Å²) in [6, 6.07) is 0.00333. The summed E-state index contributed by atoms with van der Waals surface area (Å²) in [6.45, 7) is 5.08. The van der Waals surface area contributed by atoms with Crippen molar-refractivity contribution in [1.82, 2.24) is 15.1 Å². The van der Waals surface area contributed by atoms with Crippen molar-refractivity contribution in [1.29, 1.82) is 0 Å². The quantitative estimate of drug-likeness (QED) is 0.886. The van der Waals surface area contributed by atoms with E-state index in [1.165, 1.54) is 0 Å². The van der Waals surface area contributed by atoms with E-state index >= 15 is 0 Å². The van der Waals surface area contributed by atoms with Gasteiger partial charge in [-0.1, -0.05) is 18.5 Å². The summed E-state index contributed by atoms with van der Waals surface area (Å²) in [7, 11) is 3.59. The van der Waals surface area contributed by atoms with E-state index in [1.54, 1.807) is 24.6 Å². The fourth-order valence-electron chi connectivity index (χ4n) is 2.16. The molecule has 1 unspecified atom stereocenters. The largest absolute Gasteiger partial charge is 0.493 e. The van der Waals surface area contributed by atoms with Gasteiger partial charge in [-0.15, -0.1) is 11.3 Å². The molecule has 1 N–H and O–H groups in total. The van der Waals surface area contributed by atoms with Gasteiger partial charge >= 0.3 is 0 Å². The maximum absolute atomic E-state index is 6.45. The minimum atomic E-state index is 0.00333. The monoisotopic (exact) mass is 313 g/mol. The Bertz CT molecular complexity index is 579. The first kappa shape index (κ1) is 15.4. The molecule has 0 aliphatic rings. The second-order valence-electron chi connectivity index (χ2n) is 4.71. The van der Waals surface area contributed by atoms with Gasteiger partial charge in [-0.05, 0) is 30.8 Å². The van der Waals surface area contributed by atoms with Crippen LogP contribution in [0.3, 0.4) is 0 Å². The highest BCUT2D eigenvalue weighted by Crippen LogP contribution is 2.38. The Kier molecular flexibility index (Phi) is 5.07. The fourth-order valence-corrected chi connectivity index (χ4v) is 3.54. The lowest BCUT2D eigenvalue weighted by atomic mass is 10.1. The highest BCUT2D eigenvalue weighted by molar-refractivity contribution is 7.10. The lowest BCUT2D eigenvalue weighted by Gasteiger charge is -2.19. The summed E-state index contributed by atoms with van der Waals surface area (Å²) in [6.07, 6.45) is 2.79. The summed E-state index contributed by atoms with van der Waals surface area (Å²) >= 11 is 8.12. The summed E-state index contributed by atoms with van der Waals surface area (Å²) in [4.78, 5) is 1.11. The summed E-state index contributed by atoms with van der Waals surface area (Å²) in [5.41, 5.74) is 2.11. The first-order valence-electron chi connectivity index (χ1n) is 6.62. The molecule has 2 aromatic rings. The molecule has 2 rings (SSSR count). The fraction of sp³-hybridized carbons (Fsp3) is 0.500. The Morgan fingerprint density at radius 2 is 2.30 bits per heavy atom. The molecule has 0 amide bonds. The highest BCUT2D eigenvalue weighted by Gasteiger charge is 2.25. The molecule has 1 atom stereocenters. The molecule has 0 spiro atoms. The minimum absolute atomic E-state index is 0.00333. The van der Waals surface area contributed by atoms with Crippen molar-refractivity contribution in [3.05, 3.63) is 32.7 Å². The van der Waals surface area contributed by atoms with Crippen molar-refractivity contribution in [2.45, 2.75) is 26.3 Å². The highest BCUT2D eigenvalue weighted by atomic mass is 35.5. The lowest BCUT2D eigenvalue weighted by Crippen LogP contribution is -2.25. The van der Waals surface area contributed by atoms with Crippen molar-refractivity contribution in [2.24, 2.45) is 7.05 Å². The first-order valence-corrected chi connectivity index (χ1v) is 7.88. The molecule has 6 heteroatoms. The Morgan fingerprint density at radius 3 is 2.85 bits per heavy atom. The van der Waals surface area contributed by atoms with Crippen LogP contribution in [0.5, 0.6) is 5.75 Å². The number of hydrogen-bond acceptors (Lipinski definition) is 4. The lowest BCUT2D eigenvalue weighted by molar-refractivity contribution is 0.401. The second kappa shape index (κ2) is 6.61. The minimum Gasteiger partial charge on any atom is -0.493 e. The third-order valence-corrected chi connectivity index (χ3v) is 5.01. The third kappa shape index (κ3) is 2.85. The standard InChI is InChI=1S/C14H20ClN3OS/c1-5-6-16-12(14-11(15)9(2)8-20-14)13-10(19-4)7-17-18(13)3/h7-8,12,16H,5-6H2,1-4H3. The van der Waals surface area contributed by atoms with Crippen LogP contribution >= 0.6 is 22.9 Å². The van der Waals surface area contributed by atoms with Gasteiger partial charge in [-0.2, -0.15) is 5.10 Å². The van der Waals surface area contributed by atoms with Gasteiger partial charge in [0.25, 0.3) is 0 Å². The SMILES string of the molecule is CCCNC(c1scc(C)c1Cl)c1c(OC)cnn1C. The average molecular weight is 314 g/mol. The smallest absolute Gasteiger partial charge is 0.161 e. The number of thiophene rings is 1. The molecule has 0 aliphatic heterocycles. The topological polar surface area (TPSA) is 39.1 Å². The molecule has 2 aromatic heterocycles. The van der Waals surface area contributed by atoms with Crippen LogP contribution in [0, 0.1) is 6.92 Å². The number of rotatable bonds is 6. The van der Waals surface area contributed by atoms with Crippen LogP contribution < -0.4 is 10.1 Å². The van der Waals surface area contributed by atoms with Gasteiger partial charge in [-0.25, -0.2) is 0 Å². The van der Waals surface area contributed by atoms with Gasteiger partial charge in [0.2, 0.25) is 0 Å². The van der Waals surface area contributed by atoms with E-state index in [0.29, 0.717) is 0 Å². The van der Waals surface area contributed by atoms with Crippen molar-refractivity contribution >= 4 is 22.9 Å². The van der Waals surface area contributed by atoms with E-state index in [0.717, 1.165) is 39.9 Å². The van der Waals surface area contributed by atoms with Crippen molar-refractivity contribution < 1.29 is 4.74 Å². The molecule has 0 aromatic carbocycles. The van der Waals surface area contributed by atoms with Gasteiger partial charge in [-0.3, -0.25) is 4.68 Å². The molecule has 2 heterocycles. The van der Waals surface area contributed by atoms with Crippen LogP contribution in [0.15, 0.2) is 11.6 Å². The zero-order chi connectivity index (χ0) is 14.7.